The molecule has 3 rings (SSSR count). The number of benzene rings is 2. The second-order valence-corrected chi connectivity index (χ2v) is 8.38. The average molecular weight is 400 g/mol. The highest BCUT2D eigenvalue weighted by molar-refractivity contribution is 8.00. The van der Waals surface area contributed by atoms with Gasteiger partial charge in [-0.2, -0.15) is 0 Å². The molecule has 0 saturated carbocycles. The van der Waals surface area contributed by atoms with E-state index in [4.69, 9.17) is 9.47 Å². The summed E-state index contributed by atoms with van der Waals surface area (Å²) in [6, 6.07) is 14.7. The van der Waals surface area contributed by atoms with Crippen LogP contribution in [0.15, 0.2) is 65.1 Å². The van der Waals surface area contributed by atoms with Gasteiger partial charge < -0.3 is 9.47 Å². The predicted octanol–water partition coefficient (Wildman–Crippen LogP) is 2.78. The molecule has 7 heteroatoms. The predicted molar refractivity (Wildman–Crippen MR) is 103 cm³/mol. The summed E-state index contributed by atoms with van der Waals surface area (Å²) in [5.41, 5.74) is -0.755. The number of fused-ring (bicyclic) bond motifs is 1. The van der Waals surface area contributed by atoms with E-state index < -0.39 is 27.2 Å². The van der Waals surface area contributed by atoms with Crippen LogP contribution in [0.5, 0.6) is 0 Å². The SMILES string of the molecule is COC(=O)C1(C(=O)OC)Cc2ccccc2C(S(=O)(=O)c2ccccc2)=C1C. The molecule has 0 atom stereocenters. The van der Waals surface area contributed by atoms with E-state index in [1.165, 1.54) is 19.1 Å². The molecular weight excluding hydrogens is 380 g/mol. The van der Waals surface area contributed by atoms with Crippen LogP contribution in [0.1, 0.15) is 18.1 Å². The van der Waals surface area contributed by atoms with Gasteiger partial charge in [-0.1, -0.05) is 42.5 Å². The van der Waals surface area contributed by atoms with E-state index in [2.05, 4.69) is 0 Å². The zero-order chi connectivity index (χ0) is 20.5. The molecule has 1 aliphatic rings. The standard InChI is InChI=1S/C21H20O6S/c1-14-18(28(24,25)16-10-5-4-6-11-16)17-12-8-7-9-15(17)13-21(14,19(22)26-2)20(23)27-3/h4-12H,13H2,1-3H3. The van der Waals surface area contributed by atoms with Crippen LogP contribution in [0.2, 0.25) is 0 Å². The molecule has 1 aliphatic carbocycles. The maximum Gasteiger partial charge on any atom is 0.327 e. The quantitative estimate of drug-likeness (QED) is 0.579. The number of esters is 2. The Labute approximate surface area is 163 Å². The first kappa shape index (κ1) is 19.8. The number of methoxy groups -OCH3 is 2. The fourth-order valence-corrected chi connectivity index (χ4v) is 5.47. The first-order valence-electron chi connectivity index (χ1n) is 8.57. The number of carbonyl (C=O) groups is 2. The van der Waals surface area contributed by atoms with Crippen LogP contribution in [-0.4, -0.2) is 34.6 Å². The molecule has 0 unspecified atom stereocenters. The number of hydrogen-bond acceptors (Lipinski definition) is 6. The highest BCUT2D eigenvalue weighted by Gasteiger charge is 2.55. The normalized spacial score (nSPS) is 15.5. The molecule has 6 nitrogen and oxygen atoms in total. The first-order chi connectivity index (χ1) is 13.3. The first-order valence-corrected chi connectivity index (χ1v) is 10.1. The molecule has 146 valence electrons. The van der Waals surface area contributed by atoms with Gasteiger partial charge in [0.05, 0.1) is 24.0 Å². The van der Waals surface area contributed by atoms with Crippen LogP contribution in [-0.2, 0) is 35.3 Å². The lowest BCUT2D eigenvalue weighted by Crippen LogP contribution is -2.46. The Balaban J connectivity index is 2.42. The Bertz CT molecular complexity index is 1050. The molecule has 2 aromatic rings. The summed E-state index contributed by atoms with van der Waals surface area (Å²) in [5, 5.41) is 0. The third kappa shape index (κ3) is 2.82. The monoisotopic (exact) mass is 400 g/mol. The second-order valence-electron chi connectivity index (χ2n) is 6.49. The van der Waals surface area contributed by atoms with Crippen molar-refractivity contribution >= 4 is 26.7 Å². The lowest BCUT2D eigenvalue weighted by molar-refractivity contribution is -0.165. The average Bonchev–Trinajstić information content (AvgIpc) is 2.72. The van der Waals surface area contributed by atoms with Gasteiger partial charge in [-0.25, -0.2) is 8.42 Å². The Hall–Kier alpha value is -2.93. The van der Waals surface area contributed by atoms with Gasteiger partial charge in [0.2, 0.25) is 9.84 Å². The largest absolute Gasteiger partial charge is 0.468 e. The zero-order valence-electron chi connectivity index (χ0n) is 15.8. The number of hydrogen-bond donors (Lipinski definition) is 0. The molecule has 0 radical (unpaired) electrons. The highest BCUT2D eigenvalue weighted by Crippen LogP contribution is 2.47. The summed E-state index contributed by atoms with van der Waals surface area (Å²) >= 11 is 0. The van der Waals surface area contributed by atoms with Crippen molar-refractivity contribution in [3.8, 4) is 0 Å². The molecule has 2 aromatic carbocycles. The third-order valence-electron chi connectivity index (χ3n) is 5.09. The van der Waals surface area contributed by atoms with Crippen LogP contribution in [0, 0.1) is 5.41 Å². The highest BCUT2D eigenvalue weighted by atomic mass is 32.2. The summed E-state index contributed by atoms with van der Waals surface area (Å²) in [6.45, 7) is 1.47. The summed E-state index contributed by atoms with van der Waals surface area (Å²) in [5.74, 6) is -1.71. The van der Waals surface area contributed by atoms with Crippen LogP contribution in [0.4, 0.5) is 0 Å². The van der Waals surface area contributed by atoms with Crippen molar-refractivity contribution in [3.05, 3.63) is 71.3 Å². The van der Waals surface area contributed by atoms with E-state index in [-0.39, 0.29) is 21.8 Å². The minimum absolute atomic E-state index is 0.0395. The zero-order valence-corrected chi connectivity index (χ0v) is 16.6. The second kappa shape index (κ2) is 7.24. The number of rotatable bonds is 4. The summed E-state index contributed by atoms with van der Waals surface area (Å²) in [7, 11) is -1.70. The number of sulfone groups is 1. The van der Waals surface area contributed by atoms with Crippen molar-refractivity contribution in [2.45, 2.75) is 18.2 Å². The number of carbonyl (C=O) groups excluding carboxylic acids is 2. The Morgan fingerprint density at radius 1 is 0.893 bits per heavy atom. The summed E-state index contributed by atoms with van der Waals surface area (Å²) in [4.78, 5) is 25.5. The summed E-state index contributed by atoms with van der Waals surface area (Å²) < 4.78 is 36.8. The van der Waals surface area contributed by atoms with Gasteiger partial charge in [-0.3, -0.25) is 9.59 Å². The molecule has 0 aromatic heterocycles. The van der Waals surface area contributed by atoms with Crippen LogP contribution >= 0.6 is 0 Å². The van der Waals surface area contributed by atoms with E-state index in [9.17, 15) is 18.0 Å². The van der Waals surface area contributed by atoms with Gasteiger partial charge in [0, 0.05) is 6.42 Å². The fraction of sp³-hybridized carbons (Fsp3) is 0.238. The van der Waals surface area contributed by atoms with Gasteiger partial charge in [-0.05, 0) is 35.8 Å². The van der Waals surface area contributed by atoms with Gasteiger partial charge in [0.25, 0.3) is 0 Å². The van der Waals surface area contributed by atoms with E-state index in [1.54, 1.807) is 42.5 Å². The minimum Gasteiger partial charge on any atom is -0.468 e. The van der Waals surface area contributed by atoms with Crippen LogP contribution in [0.25, 0.3) is 4.91 Å². The molecule has 0 amide bonds. The fourth-order valence-electron chi connectivity index (χ4n) is 3.66. The van der Waals surface area contributed by atoms with E-state index >= 15 is 0 Å². The van der Waals surface area contributed by atoms with Gasteiger partial charge in [0.1, 0.15) is 0 Å². The third-order valence-corrected chi connectivity index (χ3v) is 7.04. The molecule has 0 bridgehead atoms. The molecule has 28 heavy (non-hydrogen) atoms. The van der Waals surface area contributed by atoms with Crippen molar-refractivity contribution in [3.63, 3.8) is 0 Å². The van der Waals surface area contributed by atoms with Crippen LogP contribution in [0.3, 0.4) is 0 Å². The molecule has 0 N–H and O–H groups in total. The van der Waals surface area contributed by atoms with E-state index in [1.807, 2.05) is 0 Å². The Morgan fingerprint density at radius 3 is 2.00 bits per heavy atom. The van der Waals surface area contributed by atoms with Crippen molar-refractivity contribution in [1.82, 2.24) is 0 Å². The molecule has 0 aliphatic heterocycles. The maximum atomic E-state index is 13.5. The van der Waals surface area contributed by atoms with Crippen molar-refractivity contribution in [2.75, 3.05) is 14.2 Å². The Morgan fingerprint density at radius 2 is 1.43 bits per heavy atom. The Kier molecular flexibility index (Phi) is 5.12. The smallest absolute Gasteiger partial charge is 0.327 e. The molecule has 0 heterocycles. The van der Waals surface area contributed by atoms with Crippen molar-refractivity contribution in [2.24, 2.45) is 5.41 Å². The van der Waals surface area contributed by atoms with Crippen molar-refractivity contribution in [1.29, 1.82) is 0 Å². The van der Waals surface area contributed by atoms with Gasteiger partial charge in [-0.15, -0.1) is 0 Å². The molecule has 0 fully saturated rings. The topological polar surface area (TPSA) is 86.7 Å². The van der Waals surface area contributed by atoms with Gasteiger partial charge >= 0.3 is 11.9 Å². The van der Waals surface area contributed by atoms with Crippen LogP contribution < -0.4 is 0 Å². The lowest BCUT2D eigenvalue weighted by Gasteiger charge is -2.35. The maximum absolute atomic E-state index is 13.5. The number of ether oxygens (including phenoxy) is 2. The molecule has 0 saturated heterocycles. The lowest BCUT2D eigenvalue weighted by atomic mass is 9.70. The molecule has 0 spiro atoms. The minimum atomic E-state index is -4.02. The van der Waals surface area contributed by atoms with Crippen molar-refractivity contribution < 1.29 is 27.5 Å². The van der Waals surface area contributed by atoms with E-state index in [0.29, 0.717) is 11.1 Å². The van der Waals surface area contributed by atoms with Gasteiger partial charge in [0.15, 0.2) is 5.41 Å². The van der Waals surface area contributed by atoms with E-state index in [0.717, 1.165) is 14.2 Å². The molecular formula is C21H20O6S. The summed E-state index contributed by atoms with van der Waals surface area (Å²) in [6.07, 6.45) is -0.0395.